The Hall–Kier alpha value is -9.07. The number of aliphatic hydroxyl groups excluding tert-OH is 2. The summed E-state index contributed by atoms with van der Waals surface area (Å²) < 4.78 is 8.94. The van der Waals surface area contributed by atoms with Gasteiger partial charge in [-0.05, 0) is 92.4 Å². The molecule has 3 aromatic carbocycles. The van der Waals surface area contributed by atoms with Crippen LogP contribution in [0.2, 0.25) is 0 Å². The maximum Gasteiger partial charge on any atom is 0.336 e. The number of carbonyl (C=O) groups is 3. The van der Waals surface area contributed by atoms with Crippen LogP contribution in [0.15, 0.2) is 100 Å². The molecule has 6 aromatic rings. The number of hydrogen-bond acceptors (Lipinski definition) is 20. The number of nitrogens with zero attached hydrogens (tertiary/aromatic N) is 13. The number of nitrogens with two attached hydrogens (primary N) is 1. The number of benzene rings is 4. The summed E-state index contributed by atoms with van der Waals surface area (Å²) in [4.78, 5) is 76.1. The van der Waals surface area contributed by atoms with Crippen molar-refractivity contribution >= 4 is 52.3 Å². The third kappa shape index (κ3) is 11.8. The largest absolute Gasteiger partial charge is 0.508 e. The second-order valence-electron chi connectivity index (χ2n) is 19.6. The van der Waals surface area contributed by atoms with E-state index >= 15 is 0 Å². The summed E-state index contributed by atoms with van der Waals surface area (Å²) in [5, 5.41) is 72.0. The lowest BCUT2D eigenvalue weighted by atomic mass is 9.90. The van der Waals surface area contributed by atoms with Crippen molar-refractivity contribution in [3.05, 3.63) is 124 Å². The summed E-state index contributed by atoms with van der Waals surface area (Å²) in [5.74, 6) is -0.942. The number of rotatable bonds is 19. The molecule has 0 radical (unpaired) electrons. The summed E-state index contributed by atoms with van der Waals surface area (Å²) in [6.45, 7) is 4.21. The van der Waals surface area contributed by atoms with Crippen molar-refractivity contribution in [3.63, 3.8) is 0 Å². The Morgan fingerprint density at radius 2 is 1.35 bits per heavy atom. The average molecular weight is 1080 g/mol. The number of anilines is 4. The summed E-state index contributed by atoms with van der Waals surface area (Å²) >= 11 is 0. The van der Waals surface area contributed by atoms with Crippen LogP contribution in [0.4, 0.5) is 23.5 Å². The number of carbonyl (C=O) groups excluding carboxylic acids is 2. The molecule has 4 aliphatic rings. The minimum absolute atomic E-state index is 0.0791. The van der Waals surface area contributed by atoms with Gasteiger partial charge in [-0.2, -0.15) is 15.0 Å². The number of aromatic nitrogens is 9. The molecule has 3 aromatic heterocycles. The van der Waals surface area contributed by atoms with Gasteiger partial charge < -0.3 is 60.6 Å². The zero-order chi connectivity index (χ0) is 55.3. The lowest BCUT2D eigenvalue weighted by Gasteiger charge is -2.38. The van der Waals surface area contributed by atoms with Gasteiger partial charge in [0.05, 0.1) is 23.1 Å². The number of piperazine rings is 2. The molecule has 2 amide bonds. The number of phenolic OH excluding ortho intramolecular Hbond substituents is 2. The van der Waals surface area contributed by atoms with Gasteiger partial charge in [-0.1, -0.05) is 28.6 Å². The molecule has 25 heteroatoms. The highest BCUT2D eigenvalue weighted by Crippen LogP contribution is 2.43. The number of fused-ring (bicyclic) bond motifs is 2. The van der Waals surface area contributed by atoms with Gasteiger partial charge in [0.1, 0.15) is 28.9 Å². The predicted octanol–water partition coefficient (Wildman–Crippen LogP) is 3.01. The Balaban J connectivity index is 0.935. The third-order valence-corrected chi connectivity index (χ3v) is 14.1. The first-order chi connectivity index (χ1) is 38.2. The molecule has 0 spiro atoms. The van der Waals surface area contributed by atoms with Crippen LogP contribution in [-0.2, 0) is 28.9 Å². The monoisotopic (exact) mass is 1080 g/mol. The van der Waals surface area contributed by atoms with E-state index in [0.29, 0.717) is 78.3 Å². The van der Waals surface area contributed by atoms with Crippen LogP contribution in [0.25, 0.3) is 33.4 Å². The van der Waals surface area contributed by atoms with E-state index in [0.717, 1.165) is 18.4 Å². The fourth-order valence-corrected chi connectivity index (χ4v) is 10.0. The molecule has 2 saturated heterocycles. The summed E-state index contributed by atoms with van der Waals surface area (Å²) in [6, 6.07) is 18.3. The second kappa shape index (κ2) is 23.3. The number of aromatic hydroxyl groups is 2. The van der Waals surface area contributed by atoms with Crippen LogP contribution in [0.1, 0.15) is 59.2 Å². The van der Waals surface area contributed by atoms with E-state index in [9.17, 15) is 44.7 Å². The molecule has 410 valence electrons. The van der Waals surface area contributed by atoms with Crippen molar-refractivity contribution in [2.24, 2.45) is 5.73 Å². The molecule has 6 heterocycles. The zero-order valence-electron chi connectivity index (χ0n) is 43.2. The van der Waals surface area contributed by atoms with E-state index in [-0.39, 0.29) is 109 Å². The topological polar surface area (TPSA) is 334 Å². The number of aryl methyl sites for hydroxylation is 1. The minimum atomic E-state index is -1.25. The van der Waals surface area contributed by atoms with E-state index < -0.39 is 24.2 Å². The van der Waals surface area contributed by atoms with Crippen LogP contribution >= 0.6 is 0 Å². The molecule has 79 heavy (non-hydrogen) atoms. The van der Waals surface area contributed by atoms with Crippen molar-refractivity contribution in [2.45, 2.75) is 57.2 Å². The molecule has 10 rings (SSSR count). The molecule has 0 bridgehead atoms. The second-order valence-corrected chi connectivity index (χ2v) is 19.6. The van der Waals surface area contributed by atoms with Crippen LogP contribution in [0.3, 0.4) is 0 Å². The van der Waals surface area contributed by atoms with Gasteiger partial charge in [-0.3, -0.25) is 14.4 Å². The van der Waals surface area contributed by atoms with Gasteiger partial charge in [-0.15, -0.1) is 10.2 Å². The lowest BCUT2D eigenvalue weighted by Crippen LogP contribution is -2.53. The number of aromatic carboxylic acids is 1. The number of aliphatic hydroxyl groups is 2. The van der Waals surface area contributed by atoms with Crippen LogP contribution in [-0.4, -0.2) is 170 Å². The highest BCUT2D eigenvalue weighted by molar-refractivity contribution is 6.08. The first-order valence-corrected chi connectivity index (χ1v) is 26.0. The van der Waals surface area contributed by atoms with E-state index in [1.54, 1.807) is 77.6 Å². The first kappa shape index (κ1) is 53.3. The summed E-state index contributed by atoms with van der Waals surface area (Å²) in [5.41, 5.74) is 9.11. The number of carboxylic acids is 1. The maximum atomic E-state index is 14.5. The molecule has 1 aliphatic carbocycles. The van der Waals surface area contributed by atoms with Crippen molar-refractivity contribution < 1.29 is 44.3 Å². The van der Waals surface area contributed by atoms with Gasteiger partial charge >= 0.3 is 5.97 Å². The number of unbranched alkanes of at least 4 members (excludes halogenated alkanes) is 1. The molecule has 2 fully saturated rings. The van der Waals surface area contributed by atoms with E-state index in [4.69, 9.17) is 25.1 Å². The Morgan fingerprint density at radius 3 is 2.01 bits per heavy atom. The molecular formula is C54H59N15O10. The summed E-state index contributed by atoms with van der Waals surface area (Å²) in [7, 11) is 0. The van der Waals surface area contributed by atoms with E-state index in [1.165, 1.54) is 39.7 Å². The number of nitrogens with one attached hydrogen (secondary N) is 1. The predicted molar refractivity (Wildman–Crippen MR) is 288 cm³/mol. The molecule has 0 unspecified atom stereocenters. The highest BCUT2D eigenvalue weighted by Gasteiger charge is 2.35. The first-order valence-electron chi connectivity index (χ1n) is 26.0. The molecular weight excluding hydrogens is 1020 g/mol. The normalized spacial score (nSPS) is 15.1. The van der Waals surface area contributed by atoms with Crippen molar-refractivity contribution in [3.8, 4) is 33.9 Å². The fourth-order valence-electron chi connectivity index (χ4n) is 10.0. The molecule has 0 saturated carbocycles. The summed E-state index contributed by atoms with van der Waals surface area (Å²) in [6.07, 6.45) is 5.06. The molecule has 3 aliphatic heterocycles. The van der Waals surface area contributed by atoms with Crippen LogP contribution in [0.5, 0.6) is 11.5 Å². The molecule has 8 N–H and O–H groups in total. The standard InChI is InChI=1S/C54H59N15O10/c1-32(71)48(69-31-35(60-63-69)4-2-3-16-55)50(76)65-19-23-67(24-20-65)54-58-52(56-34-7-12-40(43(27-34)51(77)78)47-41-13-10-38(73)28-45(41)79-46-29-39(74)11-14-42(46)47)57-53(59-54)66-21-17-64(18-22-66)49(75)44(26-33-5-8-37(72)9-6-33)68-30-36(15-25-70)61-62-68/h5-14,27-32,44,48,70-73H,2-4,15-26,55H2,1H3,(H,77,78)(H,56,57,58,59)/t32-,44+,48+/m1/s1. The average Bonchev–Trinajstić information content (AvgIpc) is 4.27. The Bertz CT molecular complexity index is 3510. The lowest BCUT2D eigenvalue weighted by molar-refractivity contribution is -0.138. The van der Waals surface area contributed by atoms with Gasteiger partial charge in [0.25, 0.3) is 0 Å². The zero-order valence-corrected chi connectivity index (χ0v) is 43.2. The number of phenols is 2. The number of hydrogen-bond donors (Lipinski definition) is 7. The van der Waals surface area contributed by atoms with E-state index in [2.05, 4.69) is 25.9 Å². The fraction of sp³-hybridized carbons (Fsp3) is 0.352. The smallest absolute Gasteiger partial charge is 0.336 e. The van der Waals surface area contributed by atoms with Gasteiger partial charge in [-0.25, -0.2) is 14.2 Å². The van der Waals surface area contributed by atoms with Crippen LogP contribution in [0, 0.1) is 0 Å². The van der Waals surface area contributed by atoms with E-state index in [1.807, 2.05) is 9.80 Å². The SMILES string of the molecule is C[C@@H](O)[C@@H](C(=O)N1CCN(c2nc(Nc3ccc(-c4c5ccc(=O)cc-5oc5cc(O)ccc45)c(C(=O)O)c3)nc(N3CCN(C(=O)[C@H](Cc4ccc(O)cc4)n4cc(CCO)nn4)CC3)n2)CC1)n1cc(CCCCN)nn1. The molecule has 25 nitrogen and oxygen atoms in total. The van der Waals surface area contributed by atoms with Crippen molar-refractivity contribution in [1.29, 1.82) is 0 Å². The van der Waals surface area contributed by atoms with Gasteiger partial charge in [0.2, 0.25) is 29.7 Å². The van der Waals surface area contributed by atoms with Crippen LogP contribution < -0.4 is 26.3 Å². The number of carboxylic acid groups (broad SMARTS) is 1. The molecule has 3 atom stereocenters. The Morgan fingerprint density at radius 1 is 0.722 bits per heavy atom. The quantitative estimate of drug-likeness (QED) is 0.0452. The van der Waals surface area contributed by atoms with Gasteiger partial charge in [0, 0.05) is 119 Å². The van der Waals surface area contributed by atoms with Gasteiger partial charge in [0.15, 0.2) is 11.5 Å². The Labute approximate surface area is 451 Å². The minimum Gasteiger partial charge on any atom is -0.508 e. The van der Waals surface area contributed by atoms with Crippen molar-refractivity contribution in [2.75, 3.05) is 80.6 Å². The number of amides is 2. The Kier molecular flexibility index (Phi) is 15.7. The highest BCUT2D eigenvalue weighted by atomic mass is 16.4. The third-order valence-electron chi connectivity index (χ3n) is 14.1. The van der Waals surface area contributed by atoms with Crippen molar-refractivity contribution in [1.82, 2.24) is 54.7 Å². The maximum absolute atomic E-state index is 14.5.